The number of hydrogen-bond donors (Lipinski definition) is 0. The number of benzene rings is 1. The van der Waals surface area contributed by atoms with Crippen molar-refractivity contribution in [3.63, 3.8) is 0 Å². The summed E-state index contributed by atoms with van der Waals surface area (Å²) in [4.78, 5) is 13.1. The highest BCUT2D eigenvalue weighted by atomic mass is 127. The summed E-state index contributed by atoms with van der Waals surface area (Å²) in [5.41, 5.74) is -3.21. The van der Waals surface area contributed by atoms with Crippen LogP contribution in [0.25, 0.3) is 0 Å². The first-order valence-corrected chi connectivity index (χ1v) is 10.1. The third-order valence-electron chi connectivity index (χ3n) is 2.87. The maximum absolute atomic E-state index is 14.4. The van der Waals surface area contributed by atoms with Crippen LogP contribution in [-0.4, -0.2) is 33.5 Å². The molecule has 0 aliphatic carbocycles. The number of esters is 1. The zero-order chi connectivity index (χ0) is 18.7. The third-order valence-corrected chi connectivity index (χ3v) is 3.83. The predicted octanol–water partition coefficient (Wildman–Crippen LogP) is 4.87. The summed E-state index contributed by atoms with van der Waals surface area (Å²) in [6.07, 6.45) is 0. The summed E-state index contributed by atoms with van der Waals surface area (Å²) in [6.45, 7) is 4.85. The summed E-state index contributed by atoms with van der Waals surface area (Å²) < 4.78 is 63.1. The Kier molecular flexibility index (Phi) is 8.01. The minimum absolute atomic E-state index is 0.210. The van der Waals surface area contributed by atoms with Crippen LogP contribution < -0.4 is 4.90 Å². The van der Waals surface area contributed by atoms with E-state index in [9.17, 15) is 22.4 Å². The van der Waals surface area contributed by atoms with Crippen LogP contribution in [0.4, 0.5) is 23.2 Å². The molecule has 0 aromatic heterocycles. The molecule has 0 N–H and O–H groups in total. The third kappa shape index (κ3) is 5.09. The molecule has 24 heavy (non-hydrogen) atoms. The Morgan fingerprint density at radius 2 is 1.38 bits per heavy atom. The van der Waals surface area contributed by atoms with Gasteiger partial charge in [-0.25, -0.2) is 22.4 Å². The number of ether oxygens (including phenoxy) is 1. The van der Waals surface area contributed by atoms with Crippen LogP contribution in [-0.2, 0) is 4.74 Å². The normalized spacial score (nSPS) is 11.5. The second-order valence-corrected chi connectivity index (χ2v) is 8.00. The predicted molar refractivity (Wildman–Crippen MR) is 101 cm³/mol. The van der Waals surface area contributed by atoms with Gasteiger partial charge in [0.1, 0.15) is 16.9 Å². The fraction of sp³-hybridized carbons (Fsp3) is 0.533. The van der Waals surface area contributed by atoms with Crippen molar-refractivity contribution in [3.05, 3.63) is 28.8 Å². The van der Waals surface area contributed by atoms with Gasteiger partial charge in [0, 0.05) is 21.9 Å². The Morgan fingerprint density at radius 3 is 1.71 bits per heavy atom. The van der Waals surface area contributed by atoms with E-state index in [0.29, 0.717) is 8.86 Å². The minimum Gasteiger partial charge on any atom is -0.456 e. The van der Waals surface area contributed by atoms with E-state index in [4.69, 9.17) is 4.74 Å². The molecule has 0 heterocycles. The fourth-order valence-corrected chi connectivity index (χ4v) is 3.11. The van der Waals surface area contributed by atoms with Crippen LogP contribution in [0.3, 0.4) is 0 Å². The molecule has 0 spiro atoms. The largest absolute Gasteiger partial charge is 0.456 e. The van der Waals surface area contributed by atoms with Crippen molar-refractivity contribution in [2.45, 2.75) is 26.4 Å². The highest BCUT2D eigenvalue weighted by molar-refractivity contribution is 14.1. The number of halogens is 6. The van der Waals surface area contributed by atoms with Crippen LogP contribution in [0.5, 0.6) is 0 Å². The first-order valence-electron chi connectivity index (χ1n) is 7.01. The van der Waals surface area contributed by atoms with Gasteiger partial charge in [0.15, 0.2) is 23.3 Å². The van der Waals surface area contributed by atoms with Crippen molar-refractivity contribution >= 4 is 56.8 Å². The summed E-state index contributed by atoms with van der Waals surface area (Å²) in [6, 6.07) is 0. The molecule has 1 aromatic carbocycles. The van der Waals surface area contributed by atoms with Gasteiger partial charge in [-0.2, -0.15) is 0 Å². The van der Waals surface area contributed by atoms with Crippen LogP contribution in [0.2, 0.25) is 0 Å². The fourth-order valence-electron chi connectivity index (χ4n) is 1.95. The molecule has 1 aromatic rings. The molecule has 0 atom stereocenters. The summed E-state index contributed by atoms with van der Waals surface area (Å²) in [7, 11) is 0. The zero-order valence-electron chi connectivity index (χ0n) is 13.4. The second-order valence-electron chi connectivity index (χ2n) is 5.85. The van der Waals surface area contributed by atoms with Crippen LogP contribution >= 0.6 is 45.2 Å². The Labute approximate surface area is 165 Å². The van der Waals surface area contributed by atoms with Gasteiger partial charge in [-0.3, -0.25) is 0 Å². The Bertz CT molecular complexity index is 585. The smallest absolute Gasteiger partial charge is 0.344 e. The van der Waals surface area contributed by atoms with Crippen LogP contribution in [0.15, 0.2) is 0 Å². The van der Waals surface area contributed by atoms with Gasteiger partial charge < -0.3 is 9.64 Å². The maximum Gasteiger partial charge on any atom is 0.344 e. The lowest BCUT2D eigenvalue weighted by atomic mass is 10.1. The molecular weight excluding hydrogens is 556 g/mol. The summed E-state index contributed by atoms with van der Waals surface area (Å²) in [5.74, 6) is -8.12. The molecule has 0 fully saturated rings. The number of carbonyl (C=O) groups is 1. The van der Waals surface area contributed by atoms with Crippen molar-refractivity contribution < 1.29 is 27.1 Å². The first-order chi connectivity index (χ1) is 11.0. The van der Waals surface area contributed by atoms with Gasteiger partial charge in [0.2, 0.25) is 0 Å². The number of alkyl halides is 2. The van der Waals surface area contributed by atoms with Gasteiger partial charge in [-0.1, -0.05) is 45.2 Å². The van der Waals surface area contributed by atoms with E-state index in [1.807, 2.05) is 45.2 Å². The molecule has 1 rings (SSSR count). The Balaban J connectivity index is 3.47. The molecule has 0 aliphatic rings. The standard InChI is InChI=1S/C15H17F4I2NO2/c1-15(2,3)24-14(23)8-9(16)11(18)13(12(19)10(8)17)22(6-4-20)7-5-21/h4-7H2,1-3H3. The monoisotopic (exact) mass is 573 g/mol. The second kappa shape index (κ2) is 8.86. The van der Waals surface area contributed by atoms with Crippen LogP contribution in [0, 0.1) is 23.3 Å². The molecular formula is C15H17F4I2NO2. The lowest BCUT2D eigenvalue weighted by molar-refractivity contribution is 0.00572. The number of rotatable bonds is 6. The lowest BCUT2D eigenvalue weighted by Crippen LogP contribution is -2.31. The number of nitrogens with zero attached hydrogens (tertiary/aromatic N) is 1. The minimum atomic E-state index is -1.75. The van der Waals surface area contributed by atoms with E-state index in [1.165, 1.54) is 25.7 Å². The molecule has 3 nitrogen and oxygen atoms in total. The number of anilines is 1. The van der Waals surface area contributed by atoms with Crippen LogP contribution in [0.1, 0.15) is 31.1 Å². The van der Waals surface area contributed by atoms with Crippen molar-refractivity contribution in [3.8, 4) is 0 Å². The van der Waals surface area contributed by atoms with Gasteiger partial charge in [-0.05, 0) is 20.8 Å². The number of carbonyl (C=O) groups excluding carboxylic acids is 1. The molecule has 136 valence electrons. The first kappa shape index (κ1) is 21.7. The summed E-state index contributed by atoms with van der Waals surface area (Å²) >= 11 is 3.98. The van der Waals surface area contributed by atoms with Gasteiger partial charge >= 0.3 is 5.97 Å². The topological polar surface area (TPSA) is 29.5 Å². The van der Waals surface area contributed by atoms with Crippen molar-refractivity contribution in [2.24, 2.45) is 0 Å². The number of hydrogen-bond acceptors (Lipinski definition) is 3. The molecule has 9 heteroatoms. The average Bonchev–Trinajstić information content (AvgIpc) is 2.44. The van der Waals surface area contributed by atoms with Crippen molar-refractivity contribution in [2.75, 3.05) is 26.8 Å². The Hall–Kier alpha value is -0.330. The van der Waals surface area contributed by atoms with Gasteiger partial charge in [-0.15, -0.1) is 0 Å². The molecule has 0 unspecified atom stereocenters. The van der Waals surface area contributed by atoms with E-state index < -0.39 is 46.1 Å². The quantitative estimate of drug-likeness (QED) is 0.160. The summed E-state index contributed by atoms with van der Waals surface area (Å²) in [5, 5.41) is 0. The average molecular weight is 573 g/mol. The van der Waals surface area contributed by atoms with E-state index in [-0.39, 0.29) is 13.1 Å². The Morgan fingerprint density at radius 1 is 0.958 bits per heavy atom. The molecule has 0 saturated carbocycles. The van der Waals surface area contributed by atoms with E-state index in [0.717, 1.165) is 0 Å². The van der Waals surface area contributed by atoms with Gasteiger partial charge in [0.25, 0.3) is 0 Å². The van der Waals surface area contributed by atoms with E-state index in [2.05, 4.69) is 0 Å². The molecule has 0 bridgehead atoms. The van der Waals surface area contributed by atoms with Crippen molar-refractivity contribution in [1.29, 1.82) is 0 Å². The SMILES string of the molecule is CC(C)(C)OC(=O)c1c(F)c(F)c(N(CCI)CCI)c(F)c1F. The van der Waals surface area contributed by atoms with Gasteiger partial charge in [0.05, 0.1) is 0 Å². The highest BCUT2D eigenvalue weighted by Gasteiger charge is 2.33. The highest BCUT2D eigenvalue weighted by Crippen LogP contribution is 2.32. The van der Waals surface area contributed by atoms with Crippen molar-refractivity contribution in [1.82, 2.24) is 0 Å². The van der Waals surface area contributed by atoms with E-state index in [1.54, 1.807) is 0 Å². The maximum atomic E-state index is 14.4. The zero-order valence-corrected chi connectivity index (χ0v) is 17.7. The van der Waals surface area contributed by atoms with E-state index >= 15 is 0 Å². The molecule has 0 amide bonds. The molecule has 0 aliphatic heterocycles. The molecule has 0 saturated heterocycles. The lowest BCUT2D eigenvalue weighted by Gasteiger charge is -2.25. The molecule has 0 radical (unpaired) electrons.